The van der Waals surface area contributed by atoms with Gasteiger partial charge in [-0.2, -0.15) is 0 Å². The zero-order valence-corrected chi connectivity index (χ0v) is 33.1. The Morgan fingerprint density at radius 3 is 1.21 bits per heavy atom. The molecule has 13 nitrogen and oxygen atoms in total. The summed E-state index contributed by atoms with van der Waals surface area (Å²) in [5.74, 6) is 4.22. The van der Waals surface area contributed by atoms with E-state index in [1.807, 2.05) is 109 Å². The number of nitrogens with zero attached hydrogens (tertiary/aromatic N) is 6. The van der Waals surface area contributed by atoms with Crippen molar-refractivity contribution in [2.75, 3.05) is 91.5 Å². The van der Waals surface area contributed by atoms with Crippen LogP contribution in [0.1, 0.15) is 19.8 Å². The molecule has 2 heterocycles. The highest BCUT2D eigenvalue weighted by atomic mass is 16.6. The van der Waals surface area contributed by atoms with Crippen LogP contribution in [0, 0.1) is 0 Å². The SMILES string of the molecule is CCCCOc1cc2ncnc(N(C)c3ccccc3)c2cc1OCCOC.COCCOc1cc2ncnc(N(C)c3ccccc3)c2cc1OCCOC. The number of hydrogen-bond donors (Lipinski definition) is 0. The third-order valence-electron chi connectivity index (χ3n) is 8.67. The second-order valence-corrected chi connectivity index (χ2v) is 12.5. The van der Waals surface area contributed by atoms with Crippen molar-refractivity contribution in [3.05, 3.63) is 97.6 Å². The molecule has 0 bridgehead atoms. The first-order valence-electron chi connectivity index (χ1n) is 18.6. The second-order valence-electron chi connectivity index (χ2n) is 12.5. The molecule has 6 aromatic rings. The summed E-state index contributed by atoms with van der Waals surface area (Å²) in [5.41, 5.74) is 3.68. The van der Waals surface area contributed by atoms with Crippen molar-refractivity contribution in [3.8, 4) is 23.0 Å². The molecule has 0 fully saturated rings. The standard InChI is InChI=1S/C22H27N3O3.C21H25N3O4/c1-4-5-11-27-21-15-19-18(14-20(21)28-13-12-26-3)22(24-16-23-19)25(2)17-9-7-6-8-10-17;1-24(16-7-5-4-6-8-16)21-17-13-19(27-11-9-25-2)20(28-12-10-26-3)14-18(17)22-15-23-21/h6-10,14-16H,4-5,11-13H2,1-3H3;4-8,13-15H,9-12H2,1-3H3. The van der Waals surface area contributed by atoms with Crippen LogP contribution in [0.25, 0.3) is 21.8 Å². The van der Waals surface area contributed by atoms with Crippen molar-refractivity contribution in [1.29, 1.82) is 0 Å². The largest absolute Gasteiger partial charge is 0.490 e. The Bertz CT molecular complexity index is 1930. The van der Waals surface area contributed by atoms with E-state index in [1.54, 1.807) is 34.0 Å². The van der Waals surface area contributed by atoms with Crippen LogP contribution in [0.2, 0.25) is 0 Å². The molecule has 2 aromatic heterocycles. The average molecular weight is 765 g/mol. The van der Waals surface area contributed by atoms with Crippen LogP contribution < -0.4 is 28.7 Å². The molecule has 56 heavy (non-hydrogen) atoms. The normalized spacial score (nSPS) is 10.8. The molecule has 0 saturated heterocycles. The molecule has 0 N–H and O–H groups in total. The number of fused-ring (bicyclic) bond motifs is 2. The van der Waals surface area contributed by atoms with E-state index in [1.165, 1.54) is 0 Å². The number of rotatable bonds is 20. The maximum atomic E-state index is 5.96. The number of methoxy groups -OCH3 is 3. The molecule has 0 spiro atoms. The van der Waals surface area contributed by atoms with Crippen molar-refractivity contribution in [1.82, 2.24) is 19.9 Å². The highest BCUT2D eigenvalue weighted by Gasteiger charge is 2.17. The van der Waals surface area contributed by atoms with Gasteiger partial charge in [-0.15, -0.1) is 0 Å². The van der Waals surface area contributed by atoms with Crippen LogP contribution in [-0.4, -0.2) is 102 Å². The van der Waals surface area contributed by atoms with Gasteiger partial charge in [0.25, 0.3) is 0 Å². The van der Waals surface area contributed by atoms with E-state index in [0.29, 0.717) is 69.2 Å². The Hall–Kier alpha value is -5.76. The van der Waals surface area contributed by atoms with Gasteiger partial charge in [-0.1, -0.05) is 49.7 Å². The van der Waals surface area contributed by atoms with Crippen LogP contribution in [0.15, 0.2) is 97.6 Å². The first-order valence-corrected chi connectivity index (χ1v) is 18.6. The molecule has 13 heteroatoms. The predicted molar refractivity (Wildman–Crippen MR) is 221 cm³/mol. The summed E-state index contributed by atoms with van der Waals surface area (Å²) in [5, 5.41) is 1.78. The second kappa shape index (κ2) is 22.0. The molecule has 0 aliphatic heterocycles. The summed E-state index contributed by atoms with van der Waals surface area (Å²) in [6.07, 6.45) is 5.20. The minimum Gasteiger partial charge on any atom is -0.490 e. The van der Waals surface area contributed by atoms with Gasteiger partial charge in [-0.05, 0) is 42.8 Å². The van der Waals surface area contributed by atoms with Gasteiger partial charge in [0.2, 0.25) is 0 Å². The number of unbranched alkanes of at least 4 members (excludes halogenated alkanes) is 1. The van der Waals surface area contributed by atoms with Crippen LogP contribution in [-0.2, 0) is 14.2 Å². The molecule has 4 aromatic carbocycles. The van der Waals surface area contributed by atoms with Crippen LogP contribution in [0.5, 0.6) is 23.0 Å². The summed E-state index contributed by atoms with van der Waals surface area (Å²) < 4.78 is 38.9. The van der Waals surface area contributed by atoms with Gasteiger partial charge >= 0.3 is 0 Å². The molecule has 0 saturated carbocycles. The summed E-state index contributed by atoms with van der Waals surface area (Å²) in [6.45, 7) is 5.55. The van der Waals surface area contributed by atoms with E-state index in [0.717, 1.165) is 57.7 Å². The summed E-state index contributed by atoms with van der Waals surface area (Å²) in [7, 11) is 8.90. The lowest BCUT2D eigenvalue weighted by molar-refractivity contribution is 0.132. The molecule has 0 unspecified atom stereocenters. The van der Waals surface area contributed by atoms with Crippen LogP contribution >= 0.6 is 0 Å². The molecule has 0 aliphatic carbocycles. The van der Waals surface area contributed by atoms with Crippen molar-refractivity contribution < 1.29 is 33.2 Å². The molecular formula is C43H52N6O7. The minimum absolute atomic E-state index is 0.417. The Kier molecular flexibility index (Phi) is 16.2. The van der Waals surface area contributed by atoms with E-state index < -0.39 is 0 Å². The fourth-order valence-corrected chi connectivity index (χ4v) is 5.67. The fourth-order valence-electron chi connectivity index (χ4n) is 5.67. The van der Waals surface area contributed by atoms with Gasteiger partial charge in [-0.3, -0.25) is 0 Å². The van der Waals surface area contributed by atoms with Crippen molar-refractivity contribution in [2.24, 2.45) is 0 Å². The number of para-hydroxylation sites is 2. The third-order valence-corrected chi connectivity index (χ3v) is 8.67. The molecular weight excluding hydrogens is 713 g/mol. The predicted octanol–water partition coefficient (Wildman–Crippen LogP) is 8.05. The van der Waals surface area contributed by atoms with Gasteiger partial charge in [0, 0.05) is 69.7 Å². The lowest BCUT2D eigenvalue weighted by atomic mass is 10.2. The number of benzene rings is 4. The molecule has 6 rings (SSSR count). The Morgan fingerprint density at radius 2 is 0.839 bits per heavy atom. The summed E-state index contributed by atoms with van der Waals surface area (Å²) in [4.78, 5) is 21.9. The molecule has 296 valence electrons. The highest BCUT2D eigenvalue weighted by molar-refractivity contribution is 5.94. The molecule has 0 atom stereocenters. The number of aromatic nitrogens is 4. The van der Waals surface area contributed by atoms with Crippen molar-refractivity contribution in [2.45, 2.75) is 19.8 Å². The Balaban J connectivity index is 0.000000214. The fraction of sp³-hybridized carbons (Fsp3) is 0.349. The zero-order chi connectivity index (χ0) is 39.5. The summed E-state index contributed by atoms with van der Waals surface area (Å²) >= 11 is 0. The highest BCUT2D eigenvalue weighted by Crippen LogP contribution is 2.38. The van der Waals surface area contributed by atoms with Gasteiger partial charge in [0.1, 0.15) is 44.1 Å². The third kappa shape index (κ3) is 11.2. The number of ether oxygens (including phenoxy) is 7. The molecule has 0 amide bonds. The first-order chi connectivity index (χ1) is 27.5. The maximum absolute atomic E-state index is 5.96. The zero-order valence-electron chi connectivity index (χ0n) is 33.1. The number of anilines is 4. The maximum Gasteiger partial charge on any atom is 0.163 e. The molecule has 0 radical (unpaired) electrons. The topological polar surface area (TPSA) is 123 Å². The van der Waals surface area contributed by atoms with Gasteiger partial charge < -0.3 is 43.0 Å². The van der Waals surface area contributed by atoms with E-state index >= 15 is 0 Å². The number of hydrogen-bond acceptors (Lipinski definition) is 13. The van der Waals surface area contributed by atoms with Gasteiger partial charge in [0.15, 0.2) is 23.0 Å². The quantitative estimate of drug-likeness (QED) is 0.0698. The first kappa shape index (κ1) is 41.4. The smallest absolute Gasteiger partial charge is 0.163 e. The van der Waals surface area contributed by atoms with Crippen molar-refractivity contribution in [3.63, 3.8) is 0 Å². The van der Waals surface area contributed by atoms with Crippen LogP contribution in [0.4, 0.5) is 23.0 Å². The lowest BCUT2D eigenvalue weighted by Crippen LogP contribution is -2.12. The van der Waals surface area contributed by atoms with E-state index in [2.05, 4.69) is 26.9 Å². The Morgan fingerprint density at radius 1 is 0.464 bits per heavy atom. The molecule has 0 aliphatic rings. The monoisotopic (exact) mass is 764 g/mol. The van der Waals surface area contributed by atoms with Crippen molar-refractivity contribution >= 4 is 44.8 Å². The van der Waals surface area contributed by atoms with E-state index in [-0.39, 0.29) is 0 Å². The minimum atomic E-state index is 0.417. The Labute approximate surface area is 329 Å². The average Bonchev–Trinajstić information content (AvgIpc) is 3.24. The summed E-state index contributed by atoms with van der Waals surface area (Å²) in [6, 6.07) is 27.8. The van der Waals surface area contributed by atoms with E-state index in [4.69, 9.17) is 33.2 Å². The van der Waals surface area contributed by atoms with Crippen LogP contribution in [0.3, 0.4) is 0 Å². The van der Waals surface area contributed by atoms with E-state index in [9.17, 15) is 0 Å². The van der Waals surface area contributed by atoms with Gasteiger partial charge in [0.05, 0.1) is 37.5 Å². The lowest BCUT2D eigenvalue weighted by Gasteiger charge is -2.21. The van der Waals surface area contributed by atoms with Gasteiger partial charge in [-0.25, -0.2) is 19.9 Å².